The van der Waals surface area contributed by atoms with E-state index < -0.39 is 0 Å². The van der Waals surface area contributed by atoms with Gasteiger partial charge in [0, 0.05) is 12.5 Å². The van der Waals surface area contributed by atoms with Gasteiger partial charge in [-0.15, -0.1) is 0 Å². The molecule has 5 rings (SSSR count). The summed E-state index contributed by atoms with van der Waals surface area (Å²) < 4.78 is 25.5. The molecular weight excluding hydrogens is 378 g/mol. The SMILES string of the molecule is CCC(CC)COc1c(OC)ccc2cc3[n+](cc12)CCc1cc2c(cc1-3)OCO2. The molecule has 5 heteroatoms. The largest absolute Gasteiger partial charge is 0.493 e. The number of fused-ring (bicyclic) bond motifs is 5. The molecule has 156 valence electrons. The molecule has 0 fully saturated rings. The number of pyridine rings is 1. The predicted molar refractivity (Wildman–Crippen MR) is 116 cm³/mol. The molecular formula is C25H28NO4+. The van der Waals surface area contributed by atoms with Gasteiger partial charge in [0.25, 0.3) is 0 Å². The van der Waals surface area contributed by atoms with Crippen molar-refractivity contribution in [2.75, 3.05) is 20.5 Å². The molecule has 2 aromatic carbocycles. The summed E-state index contributed by atoms with van der Waals surface area (Å²) in [5, 5.41) is 2.24. The van der Waals surface area contributed by atoms with Crippen LogP contribution >= 0.6 is 0 Å². The minimum absolute atomic E-state index is 0.299. The minimum atomic E-state index is 0.299. The van der Waals surface area contributed by atoms with Gasteiger partial charge >= 0.3 is 0 Å². The number of rotatable bonds is 6. The molecule has 0 unspecified atom stereocenters. The maximum absolute atomic E-state index is 6.33. The maximum atomic E-state index is 6.33. The molecule has 0 saturated carbocycles. The van der Waals surface area contributed by atoms with E-state index in [4.69, 9.17) is 18.9 Å². The zero-order chi connectivity index (χ0) is 20.7. The normalized spacial score (nSPS) is 14.0. The van der Waals surface area contributed by atoms with Crippen LogP contribution in [0.3, 0.4) is 0 Å². The van der Waals surface area contributed by atoms with E-state index >= 15 is 0 Å². The highest BCUT2D eigenvalue weighted by Crippen LogP contribution is 2.41. The molecule has 5 nitrogen and oxygen atoms in total. The van der Waals surface area contributed by atoms with E-state index in [1.807, 2.05) is 6.07 Å². The highest BCUT2D eigenvalue weighted by atomic mass is 16.7. The number of ether oxygens (including phenoxy) is 4. The number of aromatic nitrogens is 1. The summed E-state index contributed by atoms with van der Waals surface area (Å²) in [5.41, 5.74) is 3.71. The van der Waals surface area contributed by atoms with Crippen LogP contribution in [0.1, 0.15) is 32.3 Å². The summed E-state index contributed by atoms with van der Waals surface area (Å²) in [7, 11) is 1.70. The van der Waals surface area contributed by atoms with E-state index in [-0.39, 0.29) is 0 Å². The first-order valence-electron chi connectivity index (χ1n) is 10.8. The fourth-order valence-corrected chi connectivity index (χ4v) is 4.43. The Morgan fingerprint density at radius 1 is 1.07 bits per heavy atom. The van der Waals surface area contributed by atoms with Crippen molar-refractivity contribution >= 4 is 10.8 Å². The fourth-order valence-electron chi connectivity index (χ4n) is 4.43. The number of aryl methyl sites for hydroxylation is 2. The molecule has 0 bridgehead atoms. The highest BCUT2D eigenvalue weighted by molar-refractivity contribution is 5.91. The summed E-state index contributed by atoms with van der Waals surface area (Å²) in [6, 6.07) is 10.6. The predicted octanol–water partition coefficient (Wildman–Crippen LogP) is 4.90. The van der Waals surface area contributed by atoms with E-state index in [0.29, 0.717) is 19.3 Å². The Kier molecular flexibility index (Phi) is 4.89. The second kappa shape index (κ2) is 7.71. The molecule has 3 aromatic rings. The van der Waals surface area contributed by atoms with Gasteiger partial charge in [-0.3, -0.25) is 0 Å². The fraction of sp³-hybridized carbons (Fsp3) is 0.400. The molecule has 2 aliphatic rings. The molecule has 0 spiro atoms. The maximum Gasteiger partial charge on any atom is 0.231 e. The van der Waals surface area contributed by atoms with Gasteiger partial charge < -0.3 is 18.9 Å². The van der Waals surface area contributed by atoms with Crippen LogP contribution in [0.15, 0.2) is 36.5 Å². The average Bonchev–Trinajstić information content (AvgIpc) is 3.24. The molecule has 2 aliphatic heterocycles. The molecule has 0 amide bonds. The summed E-state index contributed by atoms with van der Waals surface area (Å²) in [5.74, 6) is 3.85. The van der Waals surface area contributed by atoms with Crippen molar-refractivity contribution in [2.24, 2.45) is 5.92 Å². The molecule has 0 radical (unpaired) electrons. The molecule has 0 saturated heterocycles. The van der Waals surface area contributed by atoms with E-state index in [1.54, 1.807) is 7.11 Å². The third kappa shape index (κ3) is 3.13. The molecule has 3 heterocycles. The van der Waals surface area contributed by atoms with E-state index in [0.717, 1.165) is 59.6 Å². The number of hydrogen-bond acceptors (Lipinski definition) is 4. The minimum Gasteiger partial charge on any atom is -0.493 e. The van der Waals surface area contributed by atoms with Crippen molar-refractivity contribution in [3.63, 3.8) is 0 Å². The Morgan fingerprint density at radius 2 is 1.87 bits per heavy atom. The van der Waals surface area contributed by atoms with Crippen LogP contribution in [0.2, 0.25) is 0 Å². The summed E-state index contributed by atoms with van der Waals surface area (Å²) in [6.07, 6.45) is 5.40. The van der Waals surface area contributed by atoms with Crippen LogP contribution in [0.25, 0.3) is 22.0 Å². The van der Waals surface area contributed by atoms with Crippen molar-refractivity contribution in [3.8, 4) is 34.3 Å². The van der Waals surface area contributed by atoms with E-state index in [9.17, 15) is 0 Å². The first-order valence-corrected chi connectivity index (χ1v) is 10.8. The topological polar surface area (TPSA) is 40.8 Å². The Hall–Kier alpha value is -2.95. The van der Waals surface area contributed by atoms with Crippen LogP contribution in [0, 0.1) is 5.92 Å². The zero-order valence-electron chi connectivity index (χ0n) is 17.9. The van der Waals surface area contributed by atoms with Gasteiger partial charge in [-0.05, 0) is 41.1 Å². The molecule has 0 N–H and O–H groups in total. The lowest BCUT2D eigenvalue weighted by Crippen LogP contribution is -2.40. The highest BCUT2D eigenvalue weighted by Gasteiger charge is 2.28. The number of benzene rings is 2. The van der Waals surface area contributed by atoms with Gasteiger partial charge in [0.2, 0.25) is 12.5 Å². The number of methoxy groups -OCH3 is 1. The van der Waals surface area contributed by atoms with Crippen molar-refractivity contribution < 1.29 is 23.5 Å². The molecule has 1 aromatic heterocycles. The molecule has 0 atom stereocenters. The smallest absolute Gasteiger partial charge is 0.231 e. The lowest BCUT2D eigenvalue weighted by Gasteiger charge is -2.19. The average molecular weight is 407 g/mol. The standard InChI is InChI=1S/C25H28NO4/c1-4-16(5-2)14-28-25-20-13-26-9-8-18-11-23-24(30-15-29-23)12-19(18)21(26)10-17(20)6-7-22(25)27-3/h6-7,10-13,16H,4-5,8-9,14-15H2,1-3H3/q+1. The lowest BCUT2D eigenvalue weighted by atomic mass is 9.95. The molecule has 0 aliphatic carbocycles. The van der Waals surface area contributed by atoms with Crippen LogP contribution in [0.4, 0.5) is 0 Å². The van der Waals surface area contributed by atoms with Crippen molar-refractivity contribution in [2.45, 2.75) is 39.7 Å². The first kappa shape index (κ1) is 19.0. The second-order valence-electron chi connectivity index (χ2n) is 8.06. The van der Waals surface area contributed by atoms with Crippen LogP contribution < -0.4 is 23.5 Å². The summed E-state index contributed by atoms with van der Waals surface area (Å²) >= 11 is 0. The van der Waals surface area contributed by atoms with Gasteiger partial charge in [-0.25, -0.2) is 0 Å². The van der Waals surface area contributed by atoms with Crippen LogP contribution in [-0.4, -0.2) is 20.5 Å². The summed E-state index contributed by atoms with van der Waals surface area (Å²) in [6.45, 7) is 6.35. The lowest BCUT2D eigenvalue weighted by molar-refractivity contribution is -0.686. The number of nitrogens with zero attached hydrogens (tertiary/aromatic N) is 1. The van der Waals surface area contributed by atoms with E-state index in [1.165, 1.54) is 16.8 Å². The van der Waals surface area contributed by atoms with Gasteiger partial charge in [-0.1, -0.05) is 26.7 Å². The monoisotopic (exact) mass is 406 g/mol. The zero-order valence-corrected chi connectivity index (χ0v) is 17.9. The third-order valence-electron chi connectivity index (χ3n) is 6.41. The quantitative estimate of drug-likeness (QED) is 0.546. The van der Waals surface area contributed by atoms with Gasteiger partial charge in [-0.2, -0.15) is 4.57 Å². The Morgan fingerprint density at radius 3 is 2.63 bits per heavy atom. The summed E-state index contributed by atoms with van der Waals surface area (Å²) in [4.78, 5) is 0. The van der Waals surface area contributed by atoms with Gasteiger partial charge in [0.15, 0.2) is 35.7 Å². The van der Waals surface area contributed by atoms with Gasteiger partial charge in [0.05, 0.1) is 24.7 Å². The van der Waals surface area contributed by atoms with Crippen molar-refractivity contribution in [1.29, 1.82) is 0 Å². The van der Waals surface area contributed by atoms with Crippen molar-refractivity contribution in [1.82, 2.24) is 0 Å². The van der Waals surface area contributed by atoms with Crippen molar-refractivity contribution in [3.05, 3.63) is 42.1 Å². The van der Waals surface area contributed by atoms with Crippen LogP contribution in [0.5, 0.6) is 23.0 Å². The van der Waals surface area contributed by atoms with Crippen LogP contribution in [-0.2, 0) is 13.0 Å². The Labute approximate surface area is 177 Å². The Bertz CT molecular complexity index is 1100. The van der Waals surface area contributed by atoms with Gasteiger partial charge in [0.1, 0.15) is 0 Å². The third-order valence-corrected chi connectivity index (χ3v) is 6.41. The molecule has 30 heavy (non-hydrogen) atoms. The number of hydrogen-bond donors (Lipinski definition) is 0. The Balaban J connectivity index is 1.61. The van der Waals surface area contributed by atoms with E-state index in [2.05, 4.69) is 48.9 Å². The second-order valence-corrected chi connectivity index (χ2v) is 8.06. The first-order chi connectivity index (χ1) is 14.7.